The first-order valence-corrected chi connectivity index (χ1v) is 11.1. The van der Waals surface area contributed by atoms with Crippen molar-refractivity contribution in [2.24, 2.45) is 5.73 Å². The largest absolute Gasteiger partial charge is 0.368 e. The number of nitrogens with zero attached hydrogens (tertiary/aromatic N) is 3. The molecular formula is C23H31N4O2. The van der Waals surface area contributed by atoms with Crippen molar-refractivity contribution in [3.8, 4) is 0 Å². The van der Waals surface area contributed by atoms with E-state index in [1.54, 1.807) is 9.80 Å². The van der Waals surface area contributed by atoms with E-state index in [0.717, 1.165) is 12.1 Å². The van der Waals surface area contributed by atoms with E-state index in [0.29, 0.717) is 6.54 Å². The summed E-state index contributed by atoms with van der Waals surface area (Å²) in [4.78, 5) is 31.0. The molecule has 6 heteroatoms. The molecule has 2 atom stereocenters. The lowest BCUT2D eigenvalue weighted by molar-refractivity contribution is -0.119. The number of carbonyl (C=O) groups excluding carboxylic acids is 2. The van der Waals surface area contributed by atoms with Crippen molar-refractivity contribution in [1.82, 2.24) is 9.80 Å². The van der Waals surface area contributed by atoms with Crippen LogP contribution in [-0.2, 0) is 10.2 Å². The molecule has 1 saturated carbocycles. The Labute approximate surface area is 173 Å². The van der Waals surface area contributed by atoms with Crippen LogP contribution in [0.25, 0.3) is 0 Å². The molecule has 3 saturated heterocycles. The van der Waals surface area contributed by atoms with Crippen LogP contribution in [0.3, 0.4) is 0 Å². The highest BCUT2D eigenvalue weighted by atomic mass is 16.2. The zero-order chi connectivity index (χ0) is 20.0. The van der Waals surface area contributed by atoms with E-state index in [4.69, 9.17) is 5.73 Å². The lowest BCUT2D eigenvalue weighted by Gasteiger charge is -2.43. The highest BCUT2D eigenvalue weighted by Crippen LogP contribution is 2.47. The van der Waals surface area contributed by atoms with Gasteiger partial charge in [-0.25, -0.2) is 4.79 Å². The Hall–Kier alpha value is -2.08. The molecule has 0 bridgehead atoms. The molecule has 4 aliphatic rings. The smallest absolute Gasteiger partial charge is 0.325 e. The molecular weight excluding hydrogens is 364 g/mol. The Bertz CT molecular complexity index is 783. The summed E-state index contributed by atoms with van der Waals surface area (Å²) in [5.74, 6) is -0.436. The van der Waals surface area contributed by atoms with Gasteiger partial charge in [0.05, 0.1) is 6.04 Å². The maximum atomic E-state index is 12.9. The molecule has 5 rings (SSSR count). The summed E-state index contributed by atoms with van der Waals surface area (Å²) < 4.78 is 0. The van der Waals surface area contributed by atoms with Crippen molar-refractivity contribution < 1.29 is 9.59 Å². The fourth-order valence-electron chi connectivity index (χ4n) is 5.80. The summed E-state index contributed by atoms with van der Waals surface area (Å²) in [5, 5.41) is 0. The third-order valence-electron chi connectivity index (χ3n) is 7.66. The molecule has 3 heterocycles. The minimum Gasteiger partial charge on any atom is -0.368 e. The van der Waals surface area contributed by atoms with Crippen LogP contribution in [0.2, 0.25) is 0 Å². The first-order chi connectivity index (χ1) is 14.1. The number of rotatable bonds is 6. The highest BCUT2D eigenvalue weighted by Gasteiger charge is 2.51. The van der Waals surface area contributed by atoms with Gasteiger partial charge in [0, 0.05) is 12.2 Å². The van der Waals surface area contributed by atoms with Gasteiger partial charge in [-0.1, -0.05) is 18.6 Å². The second-order valence-corrected chi connectivity index (χ2v) is 9.19. The Morgan fingerprint density at radius 1 is 1.07 bits per heavy atom. The Balaban J connectivity index is 1.35. The predicted octanol–water partition coefficient (Wildman–Crippen LogP) is 2.67. The molecule has 0 aromatic heterocycles. The first kappa shape index (κ1) is 18.9. The van der Waals surface area contributed by atoms with E-state index in [1.165, 1.54) is 63.7 Å². The Morgan fingerprint density at radius 2 is 1.79 bits per heavy atom. The van der Waals surface area contributed by atoms with Gasteiger partial charge in [0.15, 0.2) is 0 Å². The number of fused-ring (bicyclic) bond motifs is 1. The van der Waals surface area contributed by atoms with E-state index in [-0.39, 0.29) is 17.5 Å². The van der Waals surface area contributed by atoms with Gasteiger partial charge in [0.2, 0.25) is 5.91 Å². The zero-order valence-corrected chi connectivity index (χ0v) is 17.1. The summed E-state index contributed by atoms with van der Waals surface area (Å²) in [5.41, 5.74) is 8.13. The van der Waals surface area contributed by atoms with Crippen LogP contribution >= 0.6 is 0 Å². The number of carbonyl (C=O) groups is 2. The van der Waals surface area contributed by atoms with Gasteiger partial charge in [-0.2, -0.15) is 0 Å². The second kappa shape index (κ2) is 7.31. The molecule has 155 valence electrons. The average molecular weight is 396 g/mol. The molecule has 6 nitrogen and oxygen atoms in total. The summed E-state index contributed by atoms with van der Waals surface area (Å²) in [7, 11) is 0. The van der Waals surface area contributed by atoms with Crippen LogP contribution < -0.4 is 10.6 Å². The number of amides is 3. The van der Waals surface area contributed by atoms with E-state index < -0.39 is 11.9 Å². The molecule has 1 aromatic carbocycles. The van der Waals surface area contributed by atoms with Gasteiger partial charge in [0.1, 0.15) is 6.04 Å². The number of hydrogen-bond donors (Lipinski definition) is 1. The van der Waals surface area contributed by atoms with E-state index >= 15 is 0 Å². The van der Waals surface area contributed by atoms with Crippen molar-refractivity contribution in [1.29, 1.82) is 0 Å². The average Bonchev–Trinajstić information content (AvgIpc) is 3.40. The van der Waals surface area contributed by atoms with Gasteiger partial charge in [-0.15, -0.1) is 0 Å². The van der Waals surface area contributed by atoms with Gasteiger partial charge >= 0.3 is 6.03 Å². The van der Waals surface area contributed by atoms with Crippen LogP contribution in [0.5, 0.6) is 0 Å². The fourth-order valence-corrected chi connectivity index (χ4v) is 5.80. The van der Waals surface area contributed by atoms with Crippen LogP contribution in [0.4, 0.5) is 10.5 Å². The van der Waals surface area contributed by atoms with E-state index in [1.807, 2.05) is 18.6 Å². The highest BCUT2D eigenvalue weighted by molar-refractivity contribution is 6.04. The Kier molecular flexibility index (Phi) is 4.77. The molecule has 29 heavy (non-hydrogen) atoms. The molecule has 1 aromatic rings. The number of likely N-dealkylation sites (tertiary alicyclic amines) is 1. The van der Waals surface area contributed by atoms with Crippen LogP contribution in [0, 0.1) is 6.42 Å². The summed E-state index contributed by atoms with van der Waals surface area (Å²) in [6, 6.07) is 7.48. The summed E-state index contributed by atoms with van der Waals surface area (Å²) in [6.07, 6.45) is 10.5. The van der Waals surface area contributed by atoms with Crippen LogP contribution in [0.1, 0.15) is 50.5 Å². The van der Waals surface area contributed by atoms with E-state index in [9.17, 15) is 9.59 Å². The van der Waals surface area contributed by atoms with Crippen molar-refractivity contribution in [3.63, 3.8) is 0 Å². The van der Waals surface area contributed by atoms with Crippen molar-refractivity contribution in [3.05, 3.63) is 36.2 Å². The normalized spacial score (nSPS) is 28.6. The molecule has 1 unspecified atom stereocenters. The maximum Gasteiger partial charge on any atom is 0.325 e. The molecule has 4 fully saturated rings. The van der Waals surface area contributed by atoms with Crippen LogP contribution in [0.15, 0.2) is 24.3 Å². The standard InChI is InChI=1S/C23H31N4O2/c24-21(28)20-19-5-3-15-26(19)22(29)27(20)18-8-6-17(7-9-18)23(10-4-11-23)12-16-25-13-1-2-14-25/h5-9,19-20H,1-4,10-16H2,(H2,24,28)/t19-,20?/m1/s1. The number of benzene rings is 1. The third kappa shape index (κ3) is 3.12. The lowest BCUT2D eigenvalue weighted by Crippen LogP contribution is -2.47. The predicted molar refractivity (Wildman–Crippen MR) is 113 cm³/mol. The molecule has 1 radical (unpaired) electrons. The topological polar surface area (TPSA) is 69.9 Å². The Morgan fingerprint density at radius 3 is 2.41 bits per heavy atom. The number of hydrogen-bond acceptors (Lipinski definition) is 3. The molecule has 2 N–H and O–H groups in total. The fraction of sp³-hybridized carbons (Fsp3) is 0.609. The quantitative estimate of drug-likeness (QED) is 0.805. The molecule has 3 aliphatic heterocycles. The van der Waals surface area contributed by atoms with Gasteiger partial charge in [-0.05, 0) is 87.7 Å². The lowest BCUT2D eigenvalue weighted by atomic mass is 9.62. The minimum absolute atomic E-state index is 0.104. The molecule has 1 aliphatic carbocycles. The van der Waals surface area contributed by atoms with Crippen LogP contribution in [-0.4, -0.2) is 60.0 Å². The summed E-state index contributed by atoms with van der Waals surface area (Å²) in [6.45, 7) is 4.34. The first-order valence-electron chi connectivity index (χ1n) is 11.1. The number of nitrogens with two attached hydrogens (primary N) is 1. The van der Waals surface area contributed by atoms with E-state index in [2.05, 4.69) is 17.0 Å². The van der Waals surface area contributed by atoms with Gasteiger partial charge < -0.3 is 15.5 Å². The zero-order valence-electron chi connectivity index (χ0n) is 17.1. The summed E-state index contributed by atoms with van der Waals surface area (Å²) >= 11 is 0. The number of anilines is 1. The molecule has 0 spiro atoms. The second-order valence-electron chi connectivity index (χ2n) is 9.19. The third-order valence-corrected chi connectivity index (χ3v) is 7.66. The minimum atomic E-state index is -0.608. The monoisotopic (exact) mass is 395 g/mol. The maximum absolute atomic E-state index is 12.9. The van der Waals surface area contributed by atoms with Crippen molar-refractivity contribution in [2.45, 2.75) is 62.4 Å². The number of urea groups is 1. The number of primary amides is 1. The SMILES string of the molecule is NC(=O)C1[C@H]2[CH]CCN2C(=O)N1c1ccc(C2(CCN3CCCC3)CCC2)cc1. The van der Waals surface area contributed by atoms with Gasteiger partial charge in [-0.3, -0.25) is 9.69 Å². The van der Waals surface area contributed by atoms with Gasteiger partial charge in [0.25, 0.3) is 0 Å². The molecule has 3 amide bonds. The van der Waals surface area contributed by atoms with Crippen molar-refractivity contribution in [2.75, 3.05) is 31.1 Å². The van der Waals surface area contributed by atoms with Crippen molar-refractivity contribution >= 4 is 17.6 Å².